The fourth-order valence-electron chi connectivity index (χ4n) is 2.08. The van der Waals surface area contributed by atoms with Gasteiger partial charge >= 0.3 is 0 Å². The summed E-state index contributed by atoms with van der Waals surface area (Å²) in [6.07, 6.45) is 0. The van der Waals surface area contributed by atoms with Crippen molar-refractivity contribution < 1.29 is 9.47 Å². The lowest BCUT2D eigenvalue weighted by atomic mass is 10.0. The molecule has 0 amide bonds. The van der Waals surface area contributed by atoms with Crippen molar-refractivity contribution in [2.24, 2.45) is 5.73 Å². The molecule has 2 rings (SSSR count). The summed E-state index contributed by atoms with van der Waals surface area (Å²) in [7, 11) is 1.65. The number of hydrogen-bond acceptors (Lipinski definition) is 4. The summed E-state index contributed by atoms with van der Waals surface area (Å²) >= 11 is 6.12. The maximum atomic E-state index is 6.12. The van der Waals surface area contributed by atoms with Gasteiger partial charge in [0.25, 0.3) is 0 Å². The topological polar surface area (TPSA) is 56.5 Å². The number of ether oxygens (including phenoxy) is 2. The van der Waals surface area contributed by atoms with Gasteiger partial charge in [0.05, 0.1) is 7.11 Å². The van der Waals surface area contributed by atoms with Crippen LogP contribution in [-0.2, 0) is 0 Å². The molecule has 5 heteroatoms. The molecule has 0 saturated heterocycles. The van der Waals surface area contributed by atoms with Gasteiger partial charge in [-0.1, -0.05) is 23.7 Å². The lowest BCUT2D eigenvalue weighted by Crippen LogP contribution is -2.26. The molecular formula is C17H21ClN2O2. The average Bonchev–Trinajstić information content (AvgIpc) is 2.56. The van der Waals surface area contributed by atoms with Crippen LogP contribution in [0.1, 0.15) is 0 Å². The molecule has 0 fully saturated rings. The first-order valence-electron chi connectivity index (χ1n) is 7.22. The maximum absolute atomic E-state index is 6.12. The van der Waals surface area contributed by atoms with Crippen LogP contribution < -0.4 is 20.5 Å². The third kappa shape index (κ3) is 4.63. The lowest BCUT2D eigenvalue weighted by molar-refractivity contribution is 0.316. The molecule has 0 atom stereocenters. The van der Waals surface area contributed by atoms with Crippen molar-refractivity contribution >= 4 is 11.6 Å². The van der Waals surface area contributed by atoms with Crippen molar-refractivity contribution in [3.63, 3.8) is 0 Å². The predicted molar refractivity (Wildman–Crippen MR) is 90.9 cm³/mol. The van der Waals surface area contributed by atoms with Gasteiger partial charge in [-0.25, -0.2) is 0 Å². The van der Waals surface area contributed by atoms with E-state index in [4.69, 9.17) is 26.8 Å². The highest BCUT2D eigenvalue weighted by molar-refractivity contribution is 6.31. The molecule has 0 radical (unpaired) electrons. The van der Waals surface area contributed by atoms with Gasteiger partial charge in [-0.3, -0.25) is 0 Å². The van der Waals surface area contributed by atoms with Gasteiger partial charge in [-0.15, -0.1) is 0 Å². The van der Waals surface area contributed by atoms with Crippen LogP contribution in [-0.4, -0.2) is 33.4 Å². The minimum Gasteiger partial charge on any atom is -0.497 e. The number of nitrogens with two attached hydrogens (primary N) is 1. The number of benzene rings is 2. The molecule has 0 aliphatic heterocycles. The Bertz CT molecular complexity index is 588. The van der Waals surface area contributed by atoms with E-state index < -0.39 is 0 Å². The van der Waals surface area contributed by atoms with Gasteiger partial charge in [0.15, 0.2) is 0 Å². The monoisotopic (exact) mass is 320 g/mol. The van der Waals surface area contributed by atoms with Crippen LogP contribution in [0.5, 0.6) is 11.5 Å². The minimum atomic E-state index is 0.574. The molecule has 0 spiro atoms. The largest absolute Gasteiger partial charge is 0.497 e. The molecular weight excluding hydrogens is 300 g/mol. The fraction of sp³-hybridized carbons (Fsp3) is 0.294. The number of nitrogens with one attached hydrogen (secondary N) is 1. The normalized spacial score (nSPS) is 10.5. The summed E-state index contributed by atoms with van der Waals surface area (Å²) in [6, 6.07) is 13.5. The standard InChI is InChI=1S/C17H21ClN2O2/c1-21-15-5-2-13(3-6-15)16-12-14(18)4-7-17(16)22-11-10-20-9-8-19/h2-7,12,20H,8-11,19H2,1H3. The smallest absolute Gasteiger partial charge is 0.127 e. The Morgan fingerprint density at radius 3 is 2.55 bits per heavy atom. The van der Waals surface area contributed by atoms with E-state index in [0.29, 0.717) is 18.2 Å². The quantitative estimate of drug-likeness (QED) is 0.734. The highest BCUT2D eigenvalue weighted by Gasteiger charge is 2.08. The van der Waals surface area contributed by atoms with Crippen LogP contribution in [0.15, 0.2) is 42.5 Å². The SMILES string of the molecule is COc1ccc(-c2cc(Cl)ccc2OCCNCCN)cc1. The van der Waals surface area contributed by atoms with Gasteiger partial charge in [0.1, 0.15) is 18.1 Å². The van der Waals surface area contributed by atoms with Crippen molar-refractivity contribution in [1.29, 1.82) is 0 Å². The van der Waals surface area contributed by atoms with Crippen LogP contribution >= 0.6 is 11.6 Å². The van der Waals surface area contributed by atoms with E-state index in [9.17, 15) is 0 Å². The Balaban J connectivity index is 2.12. The van der Waals surface area contributed by atoms with Crippen LogP contribution in [0.4, 0.5) is 0 Å². The van der Waals surface area contributed by atoms with E-state index in [1.54, 1.807) is 7.11 Å². The fourth-order valence-corrected chi connectivity index (χ4v) is 2.26. The van der Waals surface area contributed by atoms with Crippen molar-refractivity contribution in [2.75, 3.05) is 33.4 Å². The second kappa shape index (κ2) is 8.63. The first-order chi connectivity index (χ1) is 10.7. The molecule has 0 aromatic heterocycles. The maximum Gasteiger partial charge on any atom is 0.127 e. The van der Waals surface area contributed by atoms with E-state index in [2.05, 4.69) is 5.32 Å². The molecule has 2 aromatic rings. The highest BCUT2D eigenvalue weighted by atomic mass is 35.5. The molecule has 0 bridgehead atoms. The second-order valence-corrected chi connectivity index (χ2v) is 5.19. The Morgan fingerprint density at radius 2 is 1.86 bits per heavy atom. The molecule has 0 unspecified atom stereocenters. The summed E-state index contributed by atoms with van der Waals surface area (Å²) < 4.78 is 11.0. The number of rotatable bonds is 8. The molecule has 22 heavy (non-hydrogen) atoms. The van der Waals surface area contributed by atoms with Gasteiger partial charge < -0.3 is 20.5 Å². The zero-order valence-corrected chi connectivity index (χ0v) is 13.4. The zero-order chi connectivity index (χ0) is 15.8. The molecule has 0 aliphatic rings. The van der Waals surface area contributed by atoms with Crippen molar-refractivity contribution in [1.82, 2.24) is 5.32 Å². The van der Waals surface area contributed by atoms with Gasteiger partial charge in [-0.2, -0.15) is 0 Å². The van der Waals surface area contributed by atoms with E-state index in [0.717, 1.165) is 35.7 Å². The van der Waals surface area contributed by atoms with Crippen molar-refractivity contribution in [3.8, 4) is 22.6 Å². The van der Waals surface area contributed by atoms with E-state index in [1.165, 1.54) is 0 Å². The van der Waals surface area contributed by atoms with E-state index in [-0.39, 0.29) is 0 Å². The first-order valence-corrected chi connectivity index (χ1v) is 7.60. The van der Waals surface area contributed by atoms with Gasteiger partial charge in [0.2, 0.25) is 0 Å². The molecule has 2 aromatic carbocycles. The summed E-state index contributed by atoms with van der Waals surface area (Å²) in [5, 5.41) is 3.88. The molecule has 4 nitrogen and oxygen atoms in total. The molecule has 118 valence electrons. The highest BCUT2D eigenvalue weighted by Crippen LogP contribution is 2.33. The summed E-state index contributed by atoms with van der Waals surface area (Å²) in [5.41, 5.74) is 7.44. The van der Waals surface area contributed by atoms with Crippen LogP contribution in [0.25, 0.3) is 11.1 Å². The van der Waals surface area contributed by atoms with Crippen LogP contribution in [0.2, 0.25) is 5.02 Å². The minimum absolute atomic E-state index is 0.574. The van der Waals surface area contributed by atoms with Gasteiger partial charge in [-0.05, 0) is 35.9 Å². The average molecular weight is 321 g/mol. The van der Waals surface area contributed by atoms with Crippen LogP contribution in [0.3, 0.4) is 0 Å². The first kappa shape index (κ1) is 16.6. The van der Waals surface area contributed by atoms with Crippen molar-refractivity contribution in [2.45, 2.75) is 0 Å². The Hall–Kier alpha value is -1.75. The molecule has 0 saturated carbocycles. The van der Waals surface area contributed by atoms with Gasteiger partial charge in [0, 0.05) is 30.2 Å². The molecule has 0 heterocycles. The lowest BCUT2D eigenvalue weighted by Gasteiger charge is -2.13. The van der Waals surface area contributed by atoms with Crippen molar-refractivity contribution in [3.05, 3.63) is 47.5 Å². The Kier molecular flexibility index (Phi) is 6.52. The Morgan fingerprint density at radius 1 is 1.09 bits per heavy atom. The molecule has 3 N–H and O–H groups in total. The third-order valence-corrected chi connectivity index (χ3v) is 3.44. The summed E-state index contributed by atoms with van der Waals surface area (Å²) in [6.45, 7) is 2.74. The summed E-state index contributed by atoms with van der Waals surface area (Å²) in [4.78, 5) is 0. The second-order valence-electron chi connectivity index (χ2n) is 4.76. The Labute approximate surface area is 136 Å². The number of methoxy groups -OCH3 is 1. The molecule has 0 aliphatic carbocycles. The number of hydrogen-bond donors (Lipinski definition) is 2. The van der Waals surface area contributed by atoms with E-state index in [1.807, 2.05) is 42.5 Å². The predicted octanol–water partition coefficient (Wildman–Crippen LogP) is 2.94. The van der Waals surface area contributed by atoms with Crippen LogP contribution in [0, 0.1) is 0 Å². The summed E-state index contributed by atoms with van der Waals surface area (Å²) in [5.74, 6) is 1.63. The zero-order valence-electron chi connectivity index (χ0n) is 12.6. The number of halogens is 1. The third-order valence-electron chi connectivity index (χ3n) is 3.20. The van der Waals surface area contributed by atoms with E-state index >= 15 is 0 Å².